The van der Waals surface area contributed by atoms with E-state index in [-0.39, 0.29) is 12.4 Å². The van der Waals surface area contributed by atoms with Crippen LogP contribution in [0.25, 0.3) is 0 Å². The number of rotatable bonds is 3. The summed E-state index contributed by atoms with van der Waals surface area (Å²) in [6.45, 7) is 0.817. The van der Waals surface area contributed by atoms with E-state index in [0.717, 1.165) is 24.3 Å². The minimum atomic E-state index is -0.719. The summed E-state index contributed by atoms with van der Waals surface area (Å²) in [6, 6.07) is 3.96. The third-order valence-corrected chi connectivity index (χ3v) is 3.59. The number of aliphatic carboxylic acids is 1. The van der Waals surface area contributed by atoms with E-state index in [9.17, 15) is 9.90 Å². The Hall–Kier alpha value is -0.580. The molecule has 1 unspecified atom stereocenters. The molecule has 0 aliphatic carbocycles. The highest BCUT2D eigenvalue weighted by molar-refractivity contribution is 7.09. The summed E-state index contributed by atoms with van der Waals surface area (Å²) >= 11 is 1.62. The van der Waals surface area contributed by atoms with Crippen molar-refractivity contribution in [2.24, 2.45) is 0 Å². The van der Waals surface area contributed by atoms with Gasteiger partial charge in [-0.1, -0.05) is 6.07 Å². The zero-order valence-electron chi connectivity index (χ0n) is 8.23. The average Bonchev–Trinajstić information content (AvgIpc) is 2.76. The Morgan fingerprint density at radius 1 is 1.67 bits per heavy atom. The first-order chi connectivity index (χ1) is 6.73. The maximum atomic E-state index is 11.2. The Bertz CT molecular complexity index is 320. The SMILES string of the molecule is Cl.O=C(O)C1(Cc2cccs2)CCCN1. The third kappa shape index (κ3) is 2.51. The van der Waals surface area contributed by atoms with E-state index in [4.69, 9.17) is 0 Å². The summed E-state index contributed by atoms with van der Waals surface area (Å²) in [6.07, 6.45) is 2.30. The molecule has 1 saturated heterocycles. The quantitative estimate of drug-likeness (QED) is 0.858. The van der Waals surface area contributed by atoms with Gasteiger partial charge in [-0.25, -0.2) is 0 Å². The van der Waals surface area contributed by atoms with E-state index in [1.807, 2.05) is 17.5 Å². The molecule has 1 aliphatic heterocycles. The van der Waals surface area contributed by atoms with E-state index in [0.29, 0.717) is 6.42 Å². The molecular weight excluding hydrogens is 234 g/mol. The molecule has 0 spiro atoms. The minimum Gasteiger partial charge on any atom is -0.480 e. The molecular formula is C10H14ClNO2S. The molecule has 0 amide bonds. The molecule has 1 atom stereocenters. The van der Waals surface area contributed by atoms with Crippen LogP contribution in [0.2, 0.25) is 0 Å². The van der Waals surface area contributed by atoms with Crippen molar-refractivity contribution in [3.8, 4) is 0 Å². The predicted molar refractivity (Wildman–Crippen MR) is 62.9 cm³/mol. The normalized spacial score (nSPS) is 24.8. The second kappa shape index (κ2) is 4.96. The van der Waals surface area contributed by atoms with Crippen LogP contribution in [0.4, 0.5) is 0 Å². The molecule has 3 nitrogen and oxygen atoms in total. The molecule has 2 N–H and O–H groups in total. The van der Waals surface area contributed by atoms with Gasteiger partial charge < -0.3 is 10.4 Å². The largest absolute Gasteiger partial charge is 0.480 e. The van der Waals surface area contributed by atoms with Crippen LogP contribution in [0.1, 0.15) is 17.7 Å². The van der Waals surface area contributed by atoms with Crippen LogP contribution in [0.5, 0.6) is 0 Å². The van der Waals surface area contributed by atoms with E-state index in [2.05, 4.69) is 5.32 Å². The van der Waals surface area contributed by atoms with Crippen molar-refractivity contribution < 1.29 is 9.90 Å². The minimum absolute atomic E-state index is 0. The summed E-state index contributed by atoms with van der Waals surface area (Å²) in [7, 11) is 0. The summed E-state index contributed by atoms with van der Waals surface area (Å²) in [4.78, 5) is 12.3. The first kappa shape index (κ1) is 12.5. The van der Waals surface area contributed by atoms with Gasteiger partial charge in [0.2, 0.25) is 0 Å². The Morgan fingerprint density at radius 2 is 2.47 bits per heavy atom. The van der Waals surface area contributed by atoms with Gasteiger partial charge in [0.25, 0.3) is 0 Å². The third-order valence-electron chi connectivity index (χ3n) is 2.71. The molecule has 2 rings (SSSR count). The van der Waals surface area contributed by atoms with Crippen molar-refractivity contribution in [1.82, 2.24) is 5.32 Å². The lowest BCUT2D eigenvalue weighted by Gasteiger charge is -2.23. The van der Waals surface area contributed by atoms with Gasteiger partial charge in [-0.05, 0) is 30.8 Å². The number of halogens is 1. The summed E-state index contributed by atoms with van der Waals surface area (Å²) in [5.74, 6) is -0.719. The lowest BCUT2D eigenvalue weighted by Crippen LogP contribution is -2.49. The van der Waals surface area contributed by atoms with E-state index < -0.39 is 11.5 Å². The van der Waals surface area contributed by atoms with Crippen molar-refractivity contribution in [1.29, 1.82) is 0 Å². The Labute approximate surface area is 98.9 Å². The van der Waals surface area contributed by atoms with Crippen LogP contribution in [0.3, 0.4) is 0 Å². The molecule has 1 aromatic rings. The maximum absolute atomic E-state index is 11.2. The van der Waals surface area contributed by atoms with Crippen molar-refractivity contribution in [3.63, 3.8) is 0 Å². The molecule has 1 fully saturated rings. The number of carbonyl (C=O) groups is 1. The van der Waals surface area contributed by atoms with Gasteiger partial charge in [0, 0.05) is 11.3 Å². The molecule has 15 heavy (non-hydrogen) atoms. The Kier molecular flexibility index (Phi) is 4.13. The highest BCUT2D eigenvalue weighted by Crippen LogP contribution is 2.26. The maximum Gasteiger partial charge on any atom is 0.324 e. The predicted octanol–water partition coefficient (Wildman–Crippen LogP) is 1.92. The number of hydrogen-bond donors (Lipinski definition) is 2. The molecule has 5 heteroatoms. The topological polar surface area (TPSA) is 49.3 Å². The number of nitrogens with one attached hydrogen (secondary N) is 1. The van der Waals surface area contributed by atoms with Gasteiger partial charge in [-0.2, -0.15) is 0 Å². The van der Waals surface area contributed by atoms with Gasteiger partial charge in [-0.15, -0.1) is 23.7 Å². The van der Waals surface area contributed by atoms with Crippen molar-refractivity contribution in [2.75, 3.05) is 6.54 Å². The fourth-order valence-corrected chi connectivity index (χ4v) is 2.74. The van der Waals surface area contributed by atoms with E-state index in [1.54, 1.807) is 11.3 Å². The van der Waals surface area contributed by atoms with Crippen LogP contribution >= 0.6 is 23.7 Å². The number of hydrogen-bond acceptors (Lipinski definition) is 3. The molecule has 84 valence electrons. The first-order valence-electron chi connectivity index (χ1n) is 4.74. The summed E-state index contributed by atoms with van der Waals surface area (Å²) < 4.78 is 0. The van der Waals surface area contributed by atoms with Gasteiger partial charge >= 0.3 is 5.97 Å². The summed E-state index contributed by atoms with van der Waals surface area (Å²) in [5, 5.41) is 14.3. The molecule has 2 heterocycles. The summed E-state index contributed by atoms with van der Waals surface area (Å²) in [5.41, 5.74) is -0.704. The zero-order valence-corrected chi connectivity index (χ0v) is 9.87. The number of thiophene rings is 1. The van der Waals surface area contributed by atoms with E-state index in [1.165, 1.54) is 0 Å². The Balaban J connectivity index is 0.00000112. The molecule has 0 saturated carbocycles. The molecule has 1 aliphatic rings. The standard InChI is InChI=1S/C10H13NO2S.ClH/c12-9(13)10(4-2-5-11-10)7-8-3-1-6-14-8;/h1,3,6,11H,2,4-5,7H2,(H,12,13);1H. The van der Waals surface area contributed by atoms with E-state index >= 15 is 0 Å². The van der Waals surface area contributed by atoms with Crippen LogP contribution in [0.15, 0.2) is 17.5 Å². The smallest absolute Gasteiger partial charge is 0.324 e. The van der Waals surface area contributed by atoms with Gasteiger partial charge in [0.1, 0.15) is 5.54 Å². The second-order valence-electron chi connectivity index (χ2n) is 3.67. The molecule has 1 aromatic heterocycles. The second-order valence-corrected chi connectivity index (χ2v) is 4.71. The molecule has 0 aromatic carbocycles. The monoisotopic (exact) mass is 247 g/mol. The van der Waals surface area contributed by atoms with Crippen LogP contribution in [-0.4, -0.2) is 23.2 Å². The van der Waals surface area contributed by atoms with Gasteiger partial charge in [-0.3, -0.25) is 4.79 Å². The molecule has 0 bridgehead atoms. The van der Waals surface area contributed by atoms with Crippen LogP contribution < -0.4 is 5.32 Å². The van der Waals surface area contributed by atoms with Crippen molar-refractivity contribution >= 4 is 29.7 Å². The average molecular weight is 248 g/mol. The Morgan fingerprint density at radius 3 is 2.93 bits per heavy atom. The van der Waals surface area contributed by atoms with Gasteiger partial charge in [0.05, 0.1) is 0 Å². The lowest BCUT2D eigenvalue weighted by atomic mass is 9.93. The van der Waals surface area contributed by atoms with Gasteiger partial charge in [0.15, 0.2) is 0 Å². The number of carboxylic acids is 1. The van der Waals surface area contributed by atoms with Crippen LogP contribution in [-0.2, 0) is 11.2 Å². The fraction of sp³-hybridized carbons (Fsp3) is 0.500. The number of carboxylic acid groups (broad SMARTS) is 1. The van der Waals surface area contributed by atoms with Crippen molar-refractivity contribution in [2.45, 2.75) is 24.8 Å². The van der Waals surface area contributed by atoms with Crippen molar-refractivity contribution in [3.05, 3.63) is 22.4 Å². The first-order valence-corrected chi connectivity index (χ1v) is 5.62. The highest BCUT2D eigenvalue weighted by Gasteiger charge is 2.41. The lowest BCUT2D eigenvalue weighted by molar-refractivity contribution is -0.144. The molecule has 0 radical (unpaired) electrons. The highest BCUT2D eigenvalue weighted by atomic mass is 35.5. The zero-order chi connectivity index (χ0) is 10.0. The fourth-order valence-electron chi connectivity index (χ4n) is 1.93. The van der Waals surface area contributed by atoms with Crippen LogP contribution in [0, 0.1) is 0 Å².